The number of thiophene rings is 1. The lowest BCUT2D eigenvalue weighted by atomic mass is 10.2. The maximum absolute atomic E-state index is 12.3. The van der Waals surface area contributed by atoms with Crippen molar-refractivity contribution in [1.82, 2.24) is 20.2 Å². The first-order valence-electron chi connectivity index (χ1n) is 8.42. The van der Waals surface area contributed by atoms with Crippen LogP contribution in [0.4, 0.5) is 0 Å². The number of hydrogen-bond donors (Lipinski definition) is 2. The molecule has 4 rings (SSSR count). The van der Waals surface area contributed by atoms with E-state index >= 15 is 0 Å². The van der Waals surface area contributed by atoms with Gasteiger partial charge in [-0.3, -0.25) is 9.69 Å². The molecule has 1 atom stereocenters. The molecular weight excluding hydrogens is 336 g/mol. The summed E-state index contributed by atoms with van der Waals surface area (Å²) in [6.45, 7) is 2.28. The Labute approximate surface area is 149 Å². The van der Waals surface area contributed by atoms with Crippen LogP contribution in [0.3, 0.4) is 0 Å². The molecule has 0 radical (unpaired) electrons. The maximum atomic E-state index is 12.3. The van der Waals surface area contributed by atoms with Gasteiger partial charge in [0.25, 0.3) is 5.91 Å². The molecule has 0 spiro atoms. The van der Waals surface area contributed by atoms with Gasteiger partial charge in [-0.25, -0.2) is 4.98 Å². The van der Waals surface area contributed by atoms with Crippen LogP contribution >= 0.6 is 11.3 Å². The molecule has 6 nitrogen and oxygen atoms in total. The van der Waals surface area contributed by atoms with E-state index in [1.54, 1.807) is 30.0 Å². The Bertz CT molecular complexity index is 810. The van der Waals surface area contributed by atoms with Crippen LogP contribution in [0.15, 0.2) is 47.3 Å². The predicted molar refractivity (Wildman–Crippen MR) is 95.2 cm³/mol. The second kappa shape index (κ2) is 7.25. The predicted octanol–water partition coefficient (Wildman–Crippen LogP) is 3.33. The van der Waals surface area contributed by atoms with Crippen LogP contribution in [0.25, 0.3) is 0 Å². The number of amides is 1. The van der Waals surface area contributed by atoms with Crippen LogP contribution in [0.5, 0.6) is 0 Å². The third-order valence-corrected chi connectivity index (χ3v) is 5.64. The van der Waals surface area contributed by atoms with Gasteiger partial charge < -0.3 is 14.7 Å². The minimum absolute atomic E-state index is 0.0526. The van der Waals surface area contributed by atoms with Gasteiger partial charge in [-0.2, -0.15) is 0 Å². The summed E-state index contributed by atoms with van der Waals surface area (Å²) < 4.78 is 5.48. The van der Waals surface area contributed by atoms with Gasteiger partial charge in [0.15, 0.2) is 0 Å². The molecular formula is C18H20N4O2S. The van der Waals surface area contributed by atoms with Crippen LogP contribution in [0, 0.1) is 0 Å². The number of aromatic amines is 1. The highest BCUT2D eigenvalue weighted by Gasteiger charge is 2.28. The number of carbonyl (C=O) groups excluding carboxylic acids is 1. The van der Waals surface area contributed by atoms with E-state index in [0.29, 0.717) is 12.6 Å². The summed E-state index contributed by atoms with van der Waals surface area (Å²) in [6, 6.07) is 8.30. The van der Waals surface area contributed by atoms with Crippen LogP contribution in [-0.2, 0) is 13.1 Å². The van der Waals surface area contributed by atoms with Gasteiger partial charge in [-0.1, -0.05) is 0 Å². The number of rotatable bonds is 6. The Morgan fingerprint density at radius 1 is 1.44 bits per heavy atom. The van der Waals surface area contributed by atoms with Crippen LogP contribution in [0.1, 0.15) is 45.0 Å². The van der Waals surface area contributed by atoms with Gasteiger partial charge in [-0.05, 0) is 43.7 Å². The Hall–Kier alpha value is -2.38. The first-order valence-corrected chi connectivity index (χ1v) is 9.24. The molecule has 3 aromatic rings. The average molecular weight is 356 g/mol. The third kappa shape index (κ3) is 3.67. The summed E-state index contributed by atoms with van der Waals surface area (Å²) in [7, 11) is 0. The standard InChI is InChI=1S/C18H20N4O2S/c23-18(21-11-17-19-7-8-20-17)16-6-5-15(25-16)14-4-1-9-22(14)12-13-3-2-10-24-13/h2-3,5-8,10,14H,1,4,9,11-12H2,(H,19,20)(H,21,23)/t14-/m0/s1. The van der Waals surface area contributed by atoms with E-state index in [-0.39, 0.29) is 5.91 Å². The molecule has 1 saturated heterocycles. The Morgan fingerprint density at radius 3 is 3.20 bits per heavy atom. The highest BCUT2D eigenvalue weighted by Crippen LogP contribution is 2.36. The van der Waals surface area contributed by atoms with Crippen molar-refractivity contribution in [3.05, 3.63) is 64.3 Å². The summed E-state index contributed by atoms with van der Waals surface area (Å²) in [5, 5.41) is 2.90. The molecule has 2 N–H and O–H groups in total. The number of aromatic nitrogens is 2. The minimum atomic E-state index is -0.0526. The van der Waals surface area contributed by atoms with Crippen molar-refractivity contribution in [1.29, 1.82) is 0 Å². The summed E-state index contributed by atoms with van der Waals surface area (Å²) in [4.78, 5) is 23.8. The summed E-state index contributed by atoms with van der Waals surface area (Å²) >= 11 is 1.58. The van der Waals surface area contributed by atoms with Gasteiger partial charge in [0.2, 0.25) is 0 Å². The molecule has 1 aliphatic heterocycles. The van der Waals surface area contributed by atoms with Crippen molar-refractivity contribution in [2.45, 2.75) is 32.0 Å². The number of likely N-dealkylation sites (tertiary alicyclic amines) is 1. The van der Waals surface area contributed by atoms with Gasteiger partial charge in [0.1, 0.15) is 11.6 Å². The molecule has 25 heavy (non-hydrogen) atoms. The number of H-pyrrole nitrogens is 1. The van der Waals surface area contributed by atoms with Crippen LogP contribution in [-0.4, -0.2) is 27.3 Å². The maximum Gasteiger partial charge on any atom is 0.261 e. The van der Waals surface area contributed by atoms with Crippen molar-refractivity contribution in [3.8, 4) is 0 Å². The van der Waals surface area contributed by atoms with E-state index in [1.807, 2.05) is 18.2 Å². The summed E-state index contributed by atoms with van der Waals surface area (Å²) in [5.74, 6) is 1.69. The van der Waals surface area contributed by atoms with Crippen molar-refractivity contribution in [3.63, 3.8) is 0 Å². The van der Waals surface area contributed by atoms with E-state index in [1.165, 1.54) is 11.3 Å². The second-order valence-corrected chi connectivity index (χ2v) is 7.24. The number of nitrogens with one attached hydrogen (secondary N) is 2. The largest absolute Gasteiger partial charge is 0.468 e. The van der Waals surface area contributed by atoms with E-state index < -0.39 is 0 Å². The lowest BCUT2D eigenvalue weighted by Crippen LogP contribution is -2.22. The quantitative estimate of drug-likeness (QED) is 0.710. The normalized spacial score (nSPS) is 17.8. The van der Waals surface area contributed by atoms with E-state index in [0.717, 1.165) is 36.0 Å². The fraction of sp³-hybridized carbons (Fsp3) is 0.333. The SMILES string of the molecule is O=C(NCc1ncc[nH]1)c1ccc([C@@H]2CCCN2Cc2ccco2)s1. The first-order chi connectivity index (χ1) is 12.3. The monoisotopic (exact) mass is 356 g/mol. The lowest BCUT2D eigenvalue weighted by Gasteiger charge is -2.22. The number of nitrogens with zero attached hydrogens (tertiary/aromatic N) is 2. The number of furan rings is 1. The zero-order chi connectivity index (χ0) is 17.1. The Morgan fingerprint density at radius 2 is 2.40 bits per heavy atom. The third-order valence-electron chi connectivity index (χ3n) is 4.45. The number of hydrogen-bond acceptors (Lipinski definition) is 5. The average Bonchev–Trinajstić information content (AvgIpc) is 3.39. The van der Waals surface area contributed by atoms with E-state index in [2.05, 4.69) is 26.3 Å². The molecule has 0 bridgehead atoms. The molecule has 130 valence electrons. The molecule has 1 fully saturated rings. The minimum Gasteiger partial charge on any atom is -0.468 e. The second-order valence-electron chi connectivity index (χ2n) is 6.13. The van der Waals surface area contributed by atoms with Crippen molar-refractivity contribution in [2.75, 3.05) is 6.54 Å². The Kier molecular flexibility index (Phi) is 4.67. The molecule has 0 aromatic carbocycles. The number of carbonyl (C=O) groups is 1. The van der Waals surface area contributed by atoms with Gasteiger partial charge in [0.05, 0.1) is 24.2 Å². The van der Waals surface area contributed by atoms with Crippen molar-refractivity contribution in [2.24, 2.45) is 0 Å². The number of imidazole rings is 1. The van der Waals surface area contributed by atoms with Crippen molar-refractivity contribution >= 4 is 17.2 Å². The fourth-order valence-electron chi connectivity index (χ4n) is 3.24. The summed E-state index contributed by atoms with van der Waals surface area (Å²) in [5.41, 5.74) is 0. The molecule has 0 unspecified atom stereocenters. The van der Waals surface area contributed by atoms with Crippen LogP contribution in [0.2, 0.25) is 0 Å². The molecule has 7 heteroatoms. The molecule has 0 aliphatic carbocycles. The van der Waals surface area contributed by atoms with E-state index in [9.17, 15) is 4.79 Å². The smallest absolute Gasteiger partial charge is 0.261 e. The molecule has 1 amide bonds. The fourth-order valence-corrected chi connectivity index (χ4v) is 4.33. The van der Waals surface area contributed by atoms with Gasteiger partial charge >= 0.3 is 0 Å². The summed E-state index contributed by atoms with van der Waals surface area (Å²) in [6.07, 6.45) is 7.43. The lowest BCUT2D eigenvalue weighted by molar-refractivity contribution is 0.0954. The highest BCUT2D eigenvalue weighted by molar-refractivity contribution is 7.14. The van der Waals surface area contributed by atoms with Gasteiger partial charge in [-0.15, -0.1) is 11.3 Å². The molecule has 1 aliphatic rings. The molecule has 3 aromatic heterocycles. The topological polar surface area (TPSA) is 74.2 Å². The highest BCUT2D eigenvalue weighted by atomic mass is 32.1. The first kappa shape index (κ1) is 16.1. The zero-order valence-electron chi connectivity index (χ0n) is 13.8. The zero-order valence-corrected chi connectivity index (χ0v) is 14.6. The Balaban J connectivity index is 1.40. The van der Waals surface area contributed by atoms with Gasteiger partial charge in [0, 0.05) is 23.3 Å². The van der Waals surface area contributed by atoms with Crippen LogP contribution < -0.4 is 5.32 Å². The molecule has 4 heterocycles. The van der Waals surface area contributed by atoms with E-state index in [4.69, 9.17) is 4.42 Å². The molecule has 0 saturated carbocycles. The van der Waals surface area contributed by atoms with Crippen molar-refractivity contribution < 1.29 is 9.21 Å².